The molecule has 0 aromatic rings. The third-order valence-electron chi connectivity index (χ3n) is 2.77. The van der Waals surface area contributed by atoms with Gasteiger partial charge in [0.15, 0.2) is 0 Å². The lowest BCUT2D eigenvalue weighted by atomic mass is 10.2. The van der Waals surface area contributed by atoms with Crippen LogP contribution in [-0.4, -0.2) is 39.6 Å². The fourth-order valence-corrected chi connectivity index (χ4v) is 4.49. The summed E-state index contributed by atoms with van der Waals surface area (Å²) in [5.41, 5.74) is 0. The highest BCUT2D eigenvalue weighted by molar-refractivity contribution is 8.03. The van der Waals surface area contributed by atoms with Crippen molar-refractivity contribution in [3.63, 3.8) is 0 Å². The Morgan fingerprint density at radius 3 is 3.00 bits per heavy atom. The summed E-state index contributed by atoms with van der Waals surface area (Å²) >= 11 is 3.06. The average Bonchev–Trinajstić information content (AvgIpc) is 2.39. The van der Waals surface area contributed by atoms with Crippen molar-refractivity contribution in [2.45, 2.75) is 36.9 Å². The number of nitro groups is 1. The summed E-state index contributed by atoms with van der Waals surface area (Å²) in [6, 6.07) is 0.0296. The molecule has 0 radical (unpaired) electrons. The standard InChI is InChI=1S/C9H19N3O2S2/c1-3-15-9(12(13)14)8-7(2)11(10)5-4-6-16-8/h7-11H,3-6H2,1-2H3. The number of thioether (sulfide) groups is 2. The van der Waals surface area contributed by atoms with E-state index in [0.717, 1.165) is 24.5 Å². The molecule has 1 heterocycles. The topological polar surface area (TPSA) is 71.4 Å². The minimum absolute atomic E-state index is 0.0296. The molecule has 1 aliphatic heterocycles. The SMILES string of the molecule is CCSC(C1SCCC[NH+]([NH-])C1C)[N+](=O)[O-]. The summed E-state index contributed by atoms with van der Waals surface area (Å²) in [6.07, 6.45) is 0.978. The van der Waals surface area contributed by atoms with Crippen molar-refractivity contribution in [3.8, 4) is 0 Å². The minimum Gasteiger partial charge on any atom is -0.469 e. The van der Waals surface area contributed by atoms with Gasteiger partial charge in [-0.25, -0.2) is 0 Å². The largest absolute Gasteiger partial charge is 0.469 e. The molecule has 4 atom stereocenters. The molecule has 1 aliphatic rings. The van der Waals surface area contributed by atoms with Gasteiger partial charge in [0.05, 0.1) is 12.6 Å². The lowest BCUT2D eigenvalue weighted by Crippen LogP contribution is -3.10. The van der Waals surface area contributed by atoms with E-state index in [-0.39, 0.29) is 16.2 Å². The maximum absolute atomic E-state index is 11.1. The maximum atomic E-state index is 11.1. The molecular weight excluding hydrogens is 246 g/mol. The van der Waals surface area contributed by atoms with Gasteiger partial charge in [0.2, 0.25) is 0 Å². The van der Waals surface area contributed by atoms with E-state index < -0.39 is 5.37 Å². The molecule has 5 nitrogen and oxygen atoms in total. The highest BCUT2D eigenvalue weighted by atomic mass is 32.2. The van der Waals surface area contributed by atoms with Gasteiger partial charge < -0.3 is 10.9 Å². The molecule has 0 aromatic carbocycles. The van der Waals surface area contributed by atoms with Crippen LogP contribution in [0.25, 0.3) is 5.84 Å². The van der Waals surface area contributed by atoms with Gasteiger partial charge in [-0.15, -0.1) is 11.8 Å². The second kappa shape index (κ2) is 6.68. The summed E-state index contributed by atoms with van der Waals surface area (Å²) < 4.78 is 0. The van der Waals surface area contributed by atoms with Crippen molar-refractivity contribution in [3.05, 3.63) is 16.0 Å². The Balaban J connectivity index is 2.75. The molecule has 1 rings (SSSR count). The van der Waals surface area contributed by atoms with Crippen LogP contribution in [0.5, 0.6) is 0 Å². The highest BCUT2D eigenvalue weighted by Gasteiger charge is 2.40. The fourth-order valence-electron chi connectivity index (χ4n) is 1.83. The van der Waals surface area contributed by atoms with E-state index in [0.29, 0.717) is 5.01 Å². The van der Waals surface area contributed by atoms with E-state index in [1.807, 2.05) is 13.8 Å². The molecule has 0 saturated carbocycles. The molecule has 0 aliphatic carbocycles. The van der Waals surface area contributed by atoms with E-state index in [2.05, 4.69) is 0 Å². The zero-order valence-electron chi connectivity index (χ0n) is 9.64. The zero-order valence-corrected chi connectivity index (χ0v) is 11.3. The molecule has 2 N–H and O–H groups in total. The minimum atomic E-state index is -0.566. The normalized spacial score (nSPS) is 33.1. The Kier molecular flexibility index (Phi) is 5.88. The Bertz CT molecular complexity index is 243. The molecule has 0 spiro atoms. The lowest BCUT2D eigenvalue weighted by molar-refractivity contribution is -0.873. The Morgan fingerprint density at radius 2 is 2.44 bits per heavy atom. The number of quaternary nitrogens is 1. The van der Waals surface area contributed by atoms with Crippen LogP contribution in [0.4, 0.5) is 0 Å². The molecule has 0 bridgehead atoms. The molecule has 94 valence electrons. The third-order valence-corrected chi connectivity index (χ3v) is 5.66. The second-order valence-corrected chi connectivity index (χ2v) is 6.56. The van der Waals surface area contributed by atoms with Crippen LogP contribution in [0.1, 0.15) is 20.3 Å². The average molecular weight is 265 g/mol. The van der Waals surface area contributed by atoms with Crippen LogP contribution < -0.4 is 5.01 Å². The predicted molar refractivity (Wildman–Crippen MR) is 69.4 cm³/mol. The van der Waals surface area contributed by atoms with Crippen LogP contribution in [-0.2, 0) is 0 Å². The van der Waals surface area contributed by atoms with Crippen LogP contribution in [0.3, 0.4) is 0 Å². The van der Waals surface area contributed by atoms with Gasteiger partial charge in [-0.05, 0) is 18.4 Å². The summed E-state index contributed by atoms with van der Waals surface area (Å²) in [5, 5.41) is 11.1. The Morgan fingerprint density at radius 1 is 1.75 bits per heavy atom. The van der Waals surface area contributed by atoms with E-state index in [4.69, 9.17) is 5.84 Å². The van der Waals surface area contributed by atoms with Crippen molar-refractivity contribution >= 4 is 23.5 Å². The molecular formula is C9H19N3O2S2. The van der Waals surface area contributed by atoms with Crippen LogP contribution in [0, 0.1) is 10.1 Å². The van der Waals surface area contributed by atoms with Gasteiger partial charge >= 0.3 is 0 Å². The van der Waals surface area contributed by atoms with Gasteiger partial charge in [0.1, 0.15) is 5.25 Å². The van der Waals surface area contributed by atoms with Crippen molar-refractivity contribution in [2.75, 3.05) is 18.1 Å². The van der Waals surface area contributed by atoms with E-state index in [9.17, 15) is 10.1 Å². The summed E-state index contributed by atoms with van der Waals surface area (Å²) in [7, 11) is 0. The van der Waals surface area contributed by atoms with Crippen LogP contribution in [0.2, 0.25) is 0 Å². The smallest absolute Gasteiger partial charge is 0.275 e. The summed E-state index contributed by atoms with van der Waals surface area (Å²) in [6.45, 7) is 4.70. The van der Waals surface area contributed by atoms with Gasteiger partial charge in [0.25, 0.3) is 5.37 Å². The number of hydrogen-bond acceptors (Lipinski definition) is 4. The molecule has 1 saturated heterocycles. The highest BCUT2D eigenvalue weighted by Crippen LogP contribution is 2.28. The van der Waals surface area contributed by atoms with E-state index >= 15 is 0 Å². The first-order valence-electron chi connectivity index (χ1n) is 5.52. The molecule has 16 heavy (non-hydrogen) atoms. The quantitative estimate of drug-likeness (QED) is 0.469. The Labute approximate surface area is 105 Å². The zero-order chi connectivity index (χ0) is 12.1. The number of rotatable bonds is 4. The lowest BCUT2D eigenvalue weighted by Gasteiger charge is -2.31. The third kappa shape index (κ3) is 3.51. The Hall–Kier alpha value is 0.0200. The predicted octanol–water partition coefficient (Wildman–Crippen LogP) is 1.09. The first-order valence-corrected chi connectivity index (χ1v) is 7.61. The fraction of sp³-hybridized carbons (Fsp3) is 1.00. The van der Waals surface area contributed by atoms with E-state index in [1.165, 1.54) is 11.8 Å². The second-order valence-electron chi connectivity index (χ2n) is 3.88. The van der Waals surface area contributed by atoms with Crippen molar-refractivity contribution < 1.29 is 9.93 Å². The van der Waals surface area contributed by atoms with Crippen LogP contribution in [0.15, 0.2) is 0 Å². The number of nitrogens with one attached hydrogen (secondary N) is 2. The first-order chi connectivity index (χ1) is 7.57. The number of hydrogen-bond donors (Lipinski definition) is 1. The molecule has 0 amide bonds. The van der Waals surface area contributed by atoms with Crippen molar-refractivity contribution in [1.29, 1.82) is 0 Å². The number of nitrogens with zero attached hydrogens (tertiary/aromatic N) is 1. The maximum Gasteiger partial charge on any atom is 0.275 e. The van der Waals surface area contributed by atoms with Crippen molar-refractivity contribution in [2.24, 2.45) is 0 Å². The van der Waals surface area contributed by atoms with Gasteiger partial charge in [0, 0.05) is 11.3 Å². The first kappa shape index (κ1) is 14.1. The molecule has 7 heteroatoms. The monoisotopic (exact) mass is 265 g/mol. The summed E-state index contributed by atoms with van der Waals surface area (Å²) in [4.78, 5) is 10.9. The van der Waals surface area contributed by atoms with E-state index in [1.54, 1.807) is 11.8 Å². The molecule has 4 unspecified atom stereocenters. The molecule has 0 aromatic heterocycles. The van der Waals surface area contributed by atoms with Crippen LogP contribution >= 0.6 is 23.5 Å². The van der Waals surface area contributed by atoms with Gasteiger partial charge in [-0.3, -0.25) is 10.1 Å². The molecule has 1 fully saturated rings. The summed E-state index contributed by atoms with van der Waals surface area (Å²) in [5.74, 6) is 9.58. The van der Waals surface area contributed by atoms with Gasteiger partial charge in [-0.2, -0.15) is 0 Å². The van der Waals surface area contributed by atoms with Gasteiger partial charge in [-0.1, -0.05) is 18.7 Å². The van der Waals surface area contributed by atoms with Crippen molar-refractivity contribution in [1.82, 2.24) is 0 Å².